The highest BCUT2D eigenvalue weighted by molar-refractivity contribution is 9.10. The molecule has 134 valence electrons. The van der Waals surface area contributed by atoms with Gasteiger partial charge in [0.15, 0.2) is 16.5 Å². The first-order chi connectivity index (χ1) is 13.1. The van der Waals surface area contributed by atoms with Crippen molar-refractivity contribution in [3.05, 3.63) is 40.1 Å². The molecule has 27 heavy (non-hydrogen) atoms. The van der Waals surface area contributed by atoms with E-state index in [0.717, 1.165) is 25.8 Å². The largest absolute Gasteiger partial charge is 0.453 e. The molecule has 0 saturated carbocycles. The first-order valence-corrected chi connectivity index (χ1v) is 9.41. The fourth-order valence-corrected chi connectivity index (χ4v) is 4.42. The topological polar surface area (TPSA) is 112 Å². The predicted octanol–water partition coefficient (Wildman–Crippen LogP) is 3.57. The standard InChI is InChI=1S/C17H10BrN5O3S/c18-8-3-7(4-11-13(8)26-6-25-11)22-16-12-9(20-5-21-16)1-2-10-14(12)27-17(23-10)15(19)24/h1-5H,6H2,(H2,19,24)(H,20,21,22). The van der Waals surface area contributed by atoms with Crippen LogP contribution in [0.4, 0.5) is 11.5 Å². The van der Waals surface area contributed by atoms with E-state index in [-0.39, 0.29) is 11.8 Å². The average molecular weight is 444 g/mol. The Balaban J connectivity index is 1.68. The van der Waals surface area contributed by atoms with Crippen LogP contribution in [0.5, 0.6) is 11.5 Å². The molecular weight excluding hydrogens is 434 g/mol. The van der Waals surface area contributed by atoms with Gasteiger partial charge in [-0.25, -0.2) is 15.0 Å². The molecule has 0 spiro atoms. The van der Waals surface area contributed by atoms with E-state index in [2.05, 4.69) is 36.2 Å². The minimum Gasteiger partial charge on any atom is -0.453 e. The van der Waals surface area contributed by atoms with E-state index in [1.807, 2.05) is 24.3 Å². The molecule has 2 aromatic heterocycles. The quantitative estimate of drug-likeness (QED) is 0.497. The molecule has 4 aromatic rings. The maximum Gasteiger partial charge on any atom is 0.277 e. The van der Waals surface area contributed by atoms with Crippen LogP contribution >= 0.6 is 27.3 Å². The van der Waals surface area contributed by atoms with Crippen molar-refractivity contribution in [2.75, 3.05) is 12.1 Å². The summed E-state index contributed by atoms with van der Waals surface area (Å²) in [5.74, 6) is 1.35. The lowest BCUT2D eigenvalue weighted by atomic mass is 10.2. The van der Waals surface area contributed by atoms with Gasteiger partial charge in [0.1, 0.15) is 12.1 Å². The fraction of sp³-hybridized carbons (Fsp3) is 0.0588. The Morgan fingerprint density at radius 2 is 2.07 bits per heavy atom. The molecule has 0 aliphatic carbocycles. The summed E-state index contributed by atoms with van der Waals surface area (Å²) in [5, 5.41) is 4.31. The SMILES string of the molecule is NC(=O)c1nc2ccc3ncnc(Nc4cc(Br)c5c(c4)OCO5)c3c2s1. The number of hydrogen-bond donors (Lipinski definition) is 2. The number of halogens is 1. The molecule has 0 unspecified atom stereocenters. The fourth-order valence-electron chi connectivity index (χ4n) is 2.91. The van der Waals surface area contributed by atoms with Gasteiger partial charge in [0.2, 0.25) is 6.79 Å². The van der Waals surface area contributed by atoms with Crippen LogP contribution in [-0.4, -0.2) is 27.7 Å². The number of ether oxygens (including phenoxy) is 2. The van der Waals surface area contributed by atoms with Crippen molar-refractivity contribution >= 4 is 65.8 Å². The van der Waals surface area contributed by atoms with Crippen LogP contribution in [0.1, 0.15) is 9.80 Å². The number of anilines is 2. The molecule has 2 aromatic carbocycles. The smallest absolute Gasteiger partial charge is 0.277 e. The Labute approximate surface area is 164 Å². The van der Waals surface area contributed by atoms with Crippen LogP contribution < -0.4 is 20.5 Å². The van der Waals surface area contributed by atoms with Crippen LogP contribution in [-0.2, 0) is 0 Å². The Kier molecular flexibility index (Phi) is 3.62. The second kappa shape index (κ2) is 6.03. The lowest BCUT2D eigenvalue weighted by Crippen LogP contribution is -2.09. The third-order valence-electron chi connectivity index (χ3n) is 4.06. The average Bonchev–Trinajstić information content (AvgIpc) is 3.28. The van der Waals surface area contributed by atoms with Crippen LogP contribution in [0.2, 0.25) is 0 Å². The summed E-state index contributed by atoms with van der Waals surface area (Å²) in [4.78, 5) is 24.5. The Hall–Kier alpha value is -2.98. The number of benzene rings is 2. The number of primary amides is 1. The van der Waals surface area contributed by atoms with E-state index in [4.69, 9.17) is 15.2 Å². The molecule has 0 saturated heterocycles. The molecule has 5 rings (SSSR count). The predicted molar refractivity (Wildman–Crippen MR) is 105 cm³/mol. The summed E-state index contributed by atoms with van der Waals surface area (Å²) >= 11 is 4.71. The molecule has 3 N–H and O–H groups in total. The maximum absolute atomic E-state index is 11.5. The number of thiazole rings is 1. The normalized spacial score (nSPS) is 12.6. The molecule has 1 aliphatic rings. The zero-order chi connectivity index (χ0) is 18.5. The second-order valence-corrected chi connectivity index (χ2v) is 7.58. The summed E-state index contributed by atoms with van der Waals surface area (Å²) in [6, 6.07) is 7.37. The summed E-state index contributed by atoms with van der Waals surface area (Å²) < 4.78 is 12.4. The van der Waals surface area contributed by atoms with Crippen LogP contribution in [0, 0.1) is 0 Å². The number of carbonyl (C=O) groups is 1. The molecule has 10 heteroatoms. The maximum atomic E-state index is 11.5. The molecule has 0 atom stereocenters. The molecule has 8 nitrogen and oxygen atoms in total. The number of nitrogens with two attached hydrogens (primary N) is 1. The number of rotatable bonds is 3. The van der Waals surface area contributed by atoms with Gasteiger partial charge in [-0.15, -0.1) is 11.3 Å². The van der Waals surface area contributed by atoms with Gasteiger partial charge in [-0.2, -0.15) is 0 Å². The third kappa shape index (κ3) is 2.64. The molecule has 1 aliphatic heterocycles. The number of hydrogen-bond acceptors (Lipinski definition) is 8. The number of aromatic nitrogens is 3. The summed E-state index contributed by atoms with van der Waals surface area (Å²) in [6.45, 7) is 0.186. The molecule has 1 amide bonds. The molecule has 0 radical (unpaired) electrons. The molecule has 0 bridgehead atoms. The highest BCUT2D eigenvalue weighted by atomic mass is 79.9. The number of nitrogens with one attached hydrogen (secondary N) is 1. The van der Waals surface area contributed by atoms with E-state index in [0.29, 0.717) is 22.8 Å². The van der Waals surface area contributed by atoms with E-state index in [1.165, 1.54) is 17.7 Å². The summed E-state index contributed by atoms with van der Waals surface area (Å²) in [5.41, 5.74) is 7.56. The van der Waals surface area contributed by atoms with Gasteiger partial charge in [-0.1, -0.05) is 0 Å². The zero-order valence-corrected chi connectivity index (χ0v) is 15.9. The number of nitrogens with zero attached hydrogens (tertiary/aromatic N) is 3. The Morgan fingerprint density at radius 3 is 2.93 bits per heavy atom. The number of amides is 1. The lowest BCUT2D eigenvalue weighted by Gasteiger charge is -2.10. The van der Waals surface area contributed by atoms with Crippen molar-refractivity contribution in [1.29, 1.82) is 0 Å². The lowest BCUT2D eigenvalue weighted by molar-refractivity contribution is 0.1000. The molecule has 3 heterocycles. The zero-order valence-electron chi connectivity index (χ0n) is 13.5. The van der Waals surface area contributed by atoms with Crippen molar-refractivity contribution in [2.24, 2.45) is 5.73 Å². The van der Waals surface area contributed by atoms with Crippen molar-refractivity contribution in [2.45, 2.75) is 0 Å². The van der Waals surface area contributed by atoms with E-state index < -0.39 is 5.91 Å². The van der Waals surface area contributed by atoms with Gasteiger partial charge in [0.25, 0.3) is 5.91 Å². The van der Waals surface area contributed by atoms with Crippen LogP contribution in [0.25, 0.3) is 21.1 Å². The highest BCUT2D eigenvalue weighted by Gasteiger charge is 2.19. The van der Waals surface area contributed by atoms with E-state index in [9.17, 15) is 4.79 Å². The van der Waals surface area contributed by atoms with Gasteiger partial charge in [-0.3, -0.25) is 4.79 Å². The third-order valence-corrected chi connectivity index (χ3v) is 5.75. The highest BCUT2D eigenvalue weighted by Crippen LogP contribution is 2.42. The summed E-state index contributed by atoms with van der Waals surface area (Å²) in [6.07, 6.45) is 1.48. The van der Waals surface area contributed by atoms with Crippen molar-refractivity contribution in [3.8, 4) is 11.5 Å². The van der Waals surface area contributed by atoms with Gasteiger partial charge in [-0.05, 0) is 34.1 Å². The first kappa shape index (κ1) is 16.2. The second-order valence-electron chi connectivity index (χ2n) is 5.73. The Bertz CT molecular complexity index is 1240. The van der Waals surface area contributed by atoms with Crippen LogP contribution in [0.15, 0.2) is 35.1 Å². The monoisotopic (exact) mass is 443 g/mol. The van der Waals surface area contributed by atoms with Crippen molar-refractivity contribution in [3.63, 3.8) is 0 Å². The summed E-state index contributed by atoms with van der Waals surface area (Å²) in [7, 11) is 0. The van der Waals surface area contributed by atoms with Gasteiger partial charge in [0.05, 0.1) is 25.6 Å². The van der Waals surface area contributed by atoms with Gasteiger partial charge >= 0.3 is 0 Å². The minimum absolute atomic E-state index is 0.186. The Morgan fingerprint density at radius 1 is 1.22 bits per heavy atom. The van der Waals surface area contributed by atoms with Gasteiger partial charge < -0.3 is 20.5 Å². The van der Waals surface area contributed by atoms with Gasteiger partial charge in [0, 0.05) is 11.8 Å². The van der Waals surface area contributed by atoms with E-state index >= 15 is 0 Å². The molecular formula is C17H10BrN5O3S. The van der Waals surface area contributed by atoms with Crippen LogP contribution in [0.3, 0.4) is 0 Å². The first-order valence-electron chi connectivity index (χ1n) is 7.80. The molecule has 0 fully saturated rings. The minimum atomic E-state index is -0.560. The number of carbonyl (C=O) groups excluding carboxylic acids is 1. The number of fused-ring (bicyclic) bond motifs is 4. The van der Waals surface area contributed by atoms with E-state index in [1.54, 1.807) is 0 Å². The van der Waals surface area contributed by atoms with Crippen molar-refractivity contribution < 1.29 is 14.3 Å². The van der Waals surface area contributed by atoms with Crippen molar-refractivity contribution in [1.82, 2.24) is 15.0 Å².